The van der Waals surface area contributed by atoms with Crippen LogP contribution in [-0.4, -0.2) is 24.2 Å². The quantitative estimate of drug-likeness (QED) is 0.811. The molecular weight excluding hydrogens is 230 g/mol. The first-order valence-electron chi connectivity index (χ1n) is 6.24. The molecule has 1 aliphatic rings. The van der Waals surface area contributed by atoms with Crippen molar-refractivity contribution in [2.75, 3.05) is 7.11 Å². The molecule has 0 aliphatic heterocycles. The number of carbonyl (C=O) groups is 1. The van der Waals surface area contributed by atoms with Crippen molar-refractivity contribution in [3.63, 3.8) is 0 Å². The third kappa shape index (κ3) is 3.01. The summed E-state index contributed by atoms with van der Waals surface area (Å²) in [6.07, 6.45) is 2.03. The van der Waals surface area contributed by atoms with E-state index in [1.165, 1.54) is 0 Å². The lowest BCUT2D eigenvalue weighted by molar-refractivity contribution is -0.140. The second kappa shape index (κ2) is 5.40. The van der Waals surface area contributed by atoms with Crippen LogP contribution in [0.5, 0.6) is 5.75 Å². The summed E-state index contributed by atoms with van der Waals surface area (Å²) in [7, 11) is 1.63. The molecule has 2 N–H and O–H groups in total. The van der Waals surface area contributed by atoms with Crippen LogP contribution in [0.4, 0.5) is 0 Å². The number of carboxylic acids is 1. The average Bonchev–Trinajstić information content (AvgIpc) is 3.19. The first-order chi connectivity index (χ1) is 8.61. The molecule has 0 amide bonds. The first-order valence-corrected chi connectivity index (χ1v) is 6.24. The molecule has 4 nitrogen and oxygen atoms in total. The molecule has 1 unspecified atom stereocenters. The molecule has 0 bridgehead atoms. The predicted octanol–water partition coefficient (Wildman–Crippen LogP) is 2.21. The SMILES string of the molecule is COc1ccc([C@H](C)NC(C(=O)O)C2CC2)cc1. The van der Waals surface area contributed by atoms with Gasteiger partial charge in [0.2, 0.25) is 0 Å². The van der Waals surface area contributed by atoms with Crippen molar-refractivity contribution in [1.82, 2.24) is 5.32 Å². The Morgan fingerprint density at radius 1 is 1.39 bits per heavy atom. The third-order valence-corrected chi connectivity index (χ3v) is 3.40. The van der Waals surface area contributed by atoms with E-state index in [1.54, 1.807) is 7.11 Å². The number of rotatable bonds is 6. The van der Waals surface area contributed by atoms with Gasteiger partial charge in [-0.15, -0.1) is 0 Å². The number of ether oxygens (including phenoxy) is 1. The van der Waals surface area contributed by atoms with Crippen LogP contribution in [0.15, 0.2) is 24.3 Å². The number of aliphatic carboxylic acids is 1. The molecule has 0 aromatic heterocycles. The lowest BCUT2D eigenvalue weighted by atomic mass is 10.1. The zero-order chi connectivity index (χ0) is 13.1. The van der Waals surface area contributed by atoms with Gasteiger partial charge < -0.3 is 9.84 Å². The summed E-state index contributed by atoms with van der Waals surface area (Å²) in [4.78, 5) is 11.2. The molecule has 2 rings (SSSR count). The van der Waals surface area contributed by atoms with Crippen molar-refractivity contribution in [2.45, 2.75) is 31.8 Å². The third-order valence-electron chi connectivity index (χ3n) is 3.40. The van der Waals surface area contributed by atoms with Crippen LogP contribution < -0.4 is 10.1 Å². The van der Waals surface area contributed by atoms with E-state index < -0.39 is 12.0 Å². The van der Waals surface area contributed by atoms with Gasteiger partial charge in [-0.1, -0.05) is 12.1 Å². The topological polar surface area (TPSA) is 58.6 Å². The van der Waals surface area contributed by atoms with Gasteiger partial charge in [-0.05, 0) is 43.4 Å². The first kappa shape index (κ1) is 12.9. The highest BCUT2D eigenvalue weighted by molar-refractivity contribution is 5.74. The Balaban J connectivity index is 2.00. The lowest BCUT2D eigenvalue weighted by Gasteiger charge is -2.20. The van der Waals surface area contributed by atoms with Gasteiger partial charge in [0.05, 0.1) is 7.11 Å². The van der Waals surface area contributed by atoms with E-state index >= 15 is 0 Å². The highest BCUT2D eigenvalue weighted by Gasteiger charge is 2.36. The van der Waals surface area contributed by atoms with Crippen LogP contribution in [0.25, 0.3) is 0 Å². The van der Waals surface area contributed by atoms with Crippen LogP contribution in [-0.2, 0) is 4.79 Å². The minimum Gasteiger partial charge on any atom is -0.497 e. The Labute approximate surface area is 107 Å². The summed E-state index contributed by atoms with van der Waals surface area (Å²) in [5, 5.41) is 12.4. The Morgan fingerprint density at radius 3 is 2.44 bits per heavy atom. The molecule has 0 radical (unpaired) electrons. The minimum absolute atomic E-state index is 0.0256. The number of nitrogens with one attached hydrogen (secondary N) is 1. The molecule has 18 heavy (non-hydrogen) atoms. The summed E-state index contributed by atoms with van der Waals surface area (Å²) in [5.74, 6) is 0.351. The van der Waals surface area contributed by atoms with E-state index in [-0.39, 0.29) is 6.04 Å². The second-order valence-corrected chi connectivity index (χ2v) is 4.81. The van der Waals surface area contributed by atoms with Gasteiger partial charge in [0.25, 0.3) is 0 Å². The smallest absolute Gasteiger partial charge is 0.320 e. The van der Waals surface area contributed by atoms with Gasteiger partial charge in [-0.3, -0.25) is 10.1 Å². The highest BCUT2D eigenvalue weighted by Crippen LogP contribution is 2.34. The van der Waals surface area contributed by atoms with Crippen LogP contribution in [0.1, 0.15) is 31.4 Å². The molecule has 1 aliphatic carbocycles. The largest absolute Gasteiger partial charge is 0.497 e. The van der Waals surface area contributed by atoms with Crippen LogP contribution >= 0.6 is 0 Å². The molecule has 98 valence electrons. The van der Waals surface area contributed by atoms with Crippen molar-refractivity contribution in [3.8, 4) is 5.75 Å². The molecule has 0 saturated heterocycles. The standard InChI is InChI=1S/C14H19NO3/c1-9(10-5-7-12(18-2)8-6-10)15-13(14(16)17)11-3-4-11/h5-9,11,13,15H,3-4H2,1-2H3,(H,16,17)/t9-,13?/m0/s1. The molecule has 1 aromatic rings. The number of carboxylic acid groups (broad SMARTS) is 1. The number of methoxy groups -OCH3 is 1. The zero-order valence-electron chi connectivity index (χ0n) is 10.7. The monoisotopic (exact) mass is 249 g/mol. The Bertz CT molecular complexity index is 412. The fourth-order valence-electron chi connectivity index (χ4n) is 2.10. The molecule has 0 spiro atoms. The van der Waals surface area contributed by atoms with Gasteiger partial charge in [0.15, 0.2) is 0 Å². The zero-order valence-corrected chi connectivity index (χ0v) is 10.7. The number of hydrogen-bond acceptors (Lipinski definition) is 3. The maximum atomic E-state index is 11.2. The highest BCUT2D eigenvalue weighted by atomic mass is 16.5. The van der Waals surface area contributed by atoms with Gasteiger partial charge in [0.1, 0.15) is 11.8 Å². The summed E-state index contributed by atoms with van der Waals surface area (Å²) in [6, 6.07) is 7.30. The van der Waals surface area contributed by atoms with Crippen LogP contribution in [0, 0.1) is 5.92 Å². The van der Waals surface area contributed by atoms with Crippen LogP contribution in [0.3, 0.4) is 0 Å². The Kier molecular flexibility index (Phi) is 3.87. The van der Waals surface area contributed by atoms with E-state index in [0.717, 1.165) is 24.2 Å². The van der Waals surface area contributed by atoms with Gasteiger partial charge in [-0.2, -0.15) is 0 Å². The molecule has 0 heterocycles. The molecule has 2 atom stereocenters. The van der Waals surface area contributed by atoms with Crippen molar-refractivity contribution in [1.29, 1.82) is 0 Å². The van der Waals surface area contributed by atoms with Gasteiger partial charge in [0, 0.05) is 6.04 Å². The summed E-state index contributed by atoms with van der Waals surface area (Å²) < 4.78 is 5.10. The maximum Gasteiger partial charge on any atom is 0.320 e. The maximum absolute atomic E-state index is 11.2. The molecule has 1 saturated carbocycles. The summed E-state index contributed by atoms with van der Waals surface area (Å²) >= 11 is 0. The lowest BCUT2D eigenvalue weighted by Crippen LogP contribution is -2.39. The number of hydrogen-bond donors (Lipinski definition) is 2. The van der Waals surface area contributed by atoms with Gasteiger partial charge >= 0.3 is 5.97 Å². The average molecular weight is 249 g/mol. The van der Waals surface area contributed by atoms with E-state index in [0.29, 0.717) is 5.92 Å². The molecule has 4 heteroatoms. The second-order valence-electron chi connectivity index (χ2n) is 4.81. The summed E-state index contributed by atoms with van der Waals surface area (Å²) in [5.41, 5.74) is 1.07. The molecular formula is C14H19NO3. The minimum atomic E-state index is -0.752. The van der Waals surface area contributed by atoms with E-state index in [4.69, 9.17) is 4.74 Å². The predicted molar refractivity (Wildman–Crippen MR) is 68.7 cm³/mol. The number of benzene rings is 1. The Morgan fingerprint density at radius 2 is 2.00 bits per heavy atom. The molecule has 1 fully saturated rings. The van der Waals surface area contributed by atoms with E-state index in [1.807, 2.05) is 31.2 Å². The van der Waals surface area contributed by atoms with Gasteiger partial charge in [-0.25, -0.2) is 0 Å². The summed E-state index contributed by atoms with van der Waals surface area (Å²) in [6.45, 7) is 1.99. The fourth-order valence-corrected chi connectivity index (χ4v) is 2.10. The van der Waals surface area contributed by atoms with Crippen molar-refractivity contribution in [3.05, 3.63) is 29.8 Å². The van der Waals surface area contributed by atoms with Crippen molar-refractivity contribution < 1.29 is 14.6 Å². The normalized spacial score (nSPS) is 18.1. The van der Waals surface area contributed by atoms with E-state index in [2.05, 4.69) is 5.32 Å². The fraction of sp³-hybridized carbons (Fsp3) is 0.500. The van der Waals surface area contributed by atoms with Crippen molar-refractivity contribution >= 4 is 5.97 Å². The van der Waals surface area contributed by atoms with Crippen molar-refractivity contribution in [2.24, 2.45) is 5.92 Å². The van der Waals surface area contributed by atoms with E-state index in [9.17, 15) is 9.90 Å². The van der Waals surface area contributed by atoms with Crippen LogP contribution in [0.2, 0.25) is 0 Å². The molecule has 1 aromatic carbocycles. The Hall–Kier alpha value is -1.55.